The average molecular weight is 1380 g/mol. The van der Waals surface area contributed by atoms with Crippen molar-refractivity contribution in [3.05, 3.63) is 153 Å². The van der Waals surface area contributed by atoms with Crippen LogP contribution < -0.4 is 19.9 Å². The second-order valence-electron chi connectivity index (χ2n) is 18.7. The quantitative estimate of drug-likeness (QED) is 0.0605. The van der Waals surface area contributed by atoms with Crippen LogP contribution in [-0.2, 0) is 54.3 Å². The lowest BCUT2D eigenvalue weighted by Gasteiger charge is -2.11. The van der Waals surface area contributed by atoms with Gasteiger partial charge < -0.3 is 44.7 Å². The summed E-state index contributed by atoms with van der Waals surface area (Å²) in [5, 5.41) is 26.9. The van der Waals surface area contributed by atoms with Crippen LogP contribution in [0.25, 0.3) is 0 Å². The van der Waals surface area contributed by atoms with Crippen LogP contribution in [0.4, 0.5) is 0 Å². The first-order valence-corrected chi connectivity index (χ1v) is 28.4. The molecule has 0 fully saturated rings. The molecule has 4 aliphatic rings. The zero-order valence-corrected chi connectivity index (χ0v) is 55.2. The molecular formula is C59H81BBr3NO12S4. The molecule has 0 aromatic heterocycles. The number of hydrogen-bond donors (Lipinski definition) is 4. The minimum atomic E-state index is -0.719. The van der Waals surface area contributed by atoms with Gasteiger partial charge in [-0.2, -0.15) is 54.0 Å². The third kappa shape index (κ3) is 25.7. The van der Waals surface area contributed by atoms with Gasteiger partial charge in [-0.05, 0) is 194 Å². The number of esters is 2. The van der Waals surface area contributed by atoms with Gasteiger partial charge in [-0.3, -0.25) is 19.2 Å². The van der Waals surface area contributed by atoms with Crippen LogP contribution in [-0.4, -0.2) is 76.9 Å². The van der Waals surface area contributed by atoms with E-state index in [2.05, 4.69) is 59.4 Å². The molecule has 0 spiro atoms. The van der Waals surface area contributed by atoms with Gasteiger partial charge in [0.05, 0.1) is 60.2 Å². The van der Waals surface area contributed by atoms with E-state index in [1.807, 2.05) is 99.6 Å². The number of carboxylic acids is 2. The number of methoxy groups -OCH3 is 3. The number of ether oxygens (including phenoxy) is 5. The van der Waals surface area contributed by atoms with E-state index in [1.54, 1.807) is 33.5 Å². The molecular weight excluding hydrogens is 1290 g/mol. The number of phenols is 1. The van der Waals surface area contributed by atoms with Gasteiger partial charge in [0.25, 0.3) is 0 Å². The summed E-state index contributed by atoms with van der Waals surface area (Å²) >= 11 is 9.31. The lowest BCUT2D eigenvalue weighted by molar-refractivity contribution is -0.144. The number of fused-ring (bicyclic) bond motifs is 4. The number of rotatable bonds is 14. The summed E-state index contributed by atoms with van der Waals surface area (Å²) in [6, 6.07) is 33.5. The minimum absolute atomic E-state index is 0. The number of aromatic hydroxyl groups is 1. The van der Waals surface area contributed by atoms with Crippen LogP contribution in [0.3, 0.4) is 0 Å². The maximum Gasteiger partial charge on any atom is 0.369 e. The molecule has 0 aliphatic heterocycles. The van der Waals surface area contributed by atoms with Crippen molar-refractivity contribution in [2.75, 3.05) is 34.5 Å². The molecule has 13 nitrogen and oxygen atoms in total. The number of aliphatic carboxylic acids is 2. The van der Waals surface area contributed by atoms with Crippen molar-refractivity contribution in [3.8, 4) is 23.0 Å². The molecule has 1 unspecified atom stereocenters. The van der Waals surface area contributed by atoms with Crippen LogP contribution in [0, 0.1) is 0 Å². The van der Waals surface area contributed by atoms with E-state index in [0.29, 0.717) is 37.7 Å². The van der Waals surface area contributed by atoms with Gasteiger partial charge in [-0.15, -0.1) is 47.3 Å². The van der Waals surface area contributed by atoms with Gasteiger partial charge in [-0.1, -0.05) is 54.6 Å². The first-order chi connectivity index (χ1) is 36.4. The predicted molar refractivity (Wildman–Crippen MR) is 351 cm³/mol. The van der Waals surface area contributed by atoms with Gasteiger partial charge in [0.15, 0.2) is 0 Å². The van der Waals surface area contributed by atoms with Crippen LogP contribution in [0.1, 0.15) is 152 Å². The van der Waals surface area contributed by atoms with Gasteiger partial charge in [0.1, 0.15) is 23.0 Å². The fourth-order valence-electron chi connectivity index (χ4n) is 9.99. The third-order valence-electron chi connectivity index (χ3n) is 13.6. The van der Waals surface area contributed by atoms with Crippen LogP contribution in [0.5, 0.6) is 23.0 Å². The van der Waals surface area contributed by atoms with Gasteiger partial charge >= 0.3 is 27.1 Å². The van der Waals surface area contributed by atoms with E-state index in [0.717, 1.165) is 74.2 Å². The average Bonchev–Trinajstić information content (AvgIpc) is 4.19. The molecule has 0 heterocycles. The van der Waals surface area contributed by atoms with Crippen molar-refractivity contribution in [2.24, 2.45) is 5.73 Å². The van der Waals surface area contributed by atoms with E-state index in [1.165, 1.54) is 44.5 Å². The highest BCUT2D eigenvalue weighted by Crippen LogP contribution is 2.40. The largest absolute Gasteiger partial charge is 0.508 e. The zero-order valence-electron chi connectivity index (χ0n) is 46.4. The van der Waals surface area contributed by atoms with Gasteiger partial charge in [-0.25, -0.2) is 0 Å². The monoisotopic (exact) mass is 1370 g/mol. The normalized spacial score (nSPS) is 16.2. The number of hydrogen-bond acceptors (Lipinski definition) is 11. The Morgan fingerprint density at radius 2 is 0.825 bits per heavy atom. The van der Waals surface area contributed by atoms with E-state index in [-0.39, 0.29) is 106 Å². The maximum atomic E-state index is 11.5. The highest BCUT2D eigenvalue weighted by Gasteiger charge is 2.28. The molecule has 0 bridgehead atoms. The van der Waals surface area contributed by atoms with E-state index < -0.39 is 11.9 Å². The number of benzene rings is 5. The van der Waals surface area contributed by atoms with Crippen molar-refractivity contribution in [1.29, 1.82) is 0 Å². The number of carboxylic acid groups (broad SMARTS) is 2. The SMILES string of the molecule is BrB(Br)Br.CCOC(=O)C[C@@H]1CCc2cc(O)ccc21.CCOC(=O)C[C@@H]1CCc2cc(OC)ccc21.COc1ccc2c(c1)CCC2CC(=O)O.COc1ccc2c(c1)CC[C@H]2CC(=O)O.C[C@H](N)c1ccccc1.S.S.S.S. The number of carbonyl (C=O) groups is 4. The van der Waals surface area contributed by atoms with E-state index in [4.69, 9.17) is 39.6 Å². The first kappa shape index (κ1) is 76.0. The van der Waals surface area contributed by atoms with Crippen molar-refractivity contribution < 1.29 is 58.2 Å². The van der Waals surface area contributed by atoms with E-state index in [9.17, 15) is 24.3 Å². The lowest BCUT2D eigenvalue weighted by atomic mass is 9.98. The Labute approximate surface area is 526 Å². The highest BCUT2D eigenvalue weighted by atomic mass is 79.9. The summed E-state index contributed by atoms with van der Waals surface area (Å²) in [7, 11) is 4.96. The van der Waals surface area contributed by atoms with Crippen LogP contribution in [0.2, 0.25) is 0 Å². The molecule has 21 heteroatoms. The molecule has 5 atom stereocenters. The Morgan fingerprint density at radius 1 is 0.525 bits per heavy atom. The molecule has 5 N–H and O–H groups in total. The predicted octanol–water partition coefficient (Wildman–Crippen LogP) is 13.8. The smallest absolute Gasteiger partial charge is 0.369 e. The summed E-state index contributed by atoms with van der Waals surface area (Å²) in [5.74, 6) is 2.17. The molecule has 0 radical (unpaired) electrons. The second-order valence-corrected chi connectivity index (χ2v) is 25.1. The molecule has 5 aromatic rings. The van der Waals surface area contributed by atoms with Crippen LogP contribution >= 0.6 is 101 Å². The Hall–Kier alpha value is -3.96. The first-order valence-electron chi connectivity index (χ1n) is 25.7. The summed E-state index contributed by atoms with van der Waals surface area (Å²) < 4.78 is 25.7. The standard InChI is InChI=1S/C14H18O3.C13H16O3.2C12H14O3.C8H11N.BBr3.4H2S/c1-3-17-14(15)9-11-5-4-10-8-12(16-2)6-7-13(10)11;1-2-16-13(15)8-10-4-3-9-7-11(14)5-6-12(9)10;2*1-15-10-4-5-11-8(6-10)2-3-9(11)7-12(13)14;1-7(9)8-5-3-2-4-6-8;2-1(3)4;;;;/h6-8,11H,3-5,9H2,1-2H3;5-7,10,14H,2-4,8H2,1H3;2*4-6,9H,2-3,7H2,1H3,(H,13,14);2-7H,9H2,1H3;;4*1H2/t11-;10-;9-;;7-;;;;;/m000.0...../s1. The van der Waals surface area contributed by atoms with Gasteiger partial charge in [0, 0.05) is 6.04 Å². The number of nitrogens with two attached hydrogens (primary N) is 1. The van der Waals surface area contributed by atoms with Crippen molar-refractivity contribution in [1.82, 2.24) is 0 Å². The third-order valence-corrected chi connectivity index (χ3v) is 13.6. The number of aryl methyl sites for hydroxylation is 4. The van der Waals surface area contributed by atoms with Crippen molar-refractivity contribution in [3.63, 3.8) is 0 Å². The molecule has 0 saturated heterocycles. The molecule has 0 saturated carbocycles. The molecule has 442 valence electrons. The minimum Gasteiger partial charge on any atom is -0.508 e. The topological polar surface area (TPSA) is 201 Å². The maximum absolute atomic E-state index is 11.5. The molecule has 0 amide bonds. The fraction of sp³-hybridized carbons (Fsp3) is 0.424. The van der Waals surface area contributed by atoms with Gasteiger partial charge in [0.2, 0.25) is 0 Å². The number of halogens is 3. The summed E-state index contributed by atoms with van der Waals surface area (Å²) in [6.45, 7) is 6.54. The Kier molecular flexibility index (Phi) is 38.3. The summed E-state index contributed by atoms with van der Waals surface area (Å²) in [5.41, 5.74) is 16.6. The molecule has 5 aromatic carbocycles. The van der Waals surface area contributed by atoms with Crippen molar-refractivity contribution in [2.45, 2.75) is 128 Å². The lowest BCUT2D eigenvalue weighted by Crippen LogP contribution is -2.08. The fourth-order valence-corrected chi connectivity index (χ4v) is 9.99. The number of phenolic OH excluding ortho intramolecular Hbond substituents is 1. The highest BCUT2D eigenvalue weighted by molar-refractivity contribution is 9.69. The summed E-state index contributed by atoms with van der Waals surface area (Å²) in [4.78, 5) is 44.2. The molecule has 9 rings (SSSR count). The Morgan fingerprint density at radius 3 is 1.10 bits per heavy atom. The van der Waals surface area contributed by atoms with Crippen molar-refractivity contribution >= 4 is 128 Å². The van der Waals surface area contributed by atoms with Crippen LogP contribution in [0.15, 0.2) is 103 Å². The van der Waals surface area contributed by atoms with E-state index >= 15 is 0 Å². The second kappa shape index (κ2) is 40.3. The summed E-state index contributed by atoms with van der Waals surface area (Å²) in [6.07, 6.45) is 9.18. The zero-order chi connectivity index (χ0) is 55.7. The Bertz CT molecular complexity index is 2580. The molecule has 80 heavy (non-hydrogen) atoms. The molecule has 4 aliphatic carbocycles. The Balaban J connectivity index is 0.000000956. The number of carbonyl (C=O) groups excluding carboxylic acids is 2.